The standard InChI is InChI=1S/C32H27N5O2S3/c1-17-14-22(20(4)36(17)31-24(16-33)18(2)21(5)41-31)15-26-30(39)37-28(25-12-9-13-40-25)27(19(3)34-32(37)42-26)29(38)35-23-10-7-6-8-11-23/h6-15,28H,1-5H3,(H,35,38)/b26-15+/t28-/m1/s1. The van der Waals surface area contributed by atoms with Gasteiger partial charge < -0.3 is 9.88 Å². The number of fused-ring (bicyclic) bond motifs is 1. The van der Waals surface area contributed by atoms with Crippen molar-refractivity contribution < 1.29 is 4.79 Å². The van der Waals surface area contributed by atoms with Crippen molar-refractivity contribution in [2.24, 2.45) is 4.99 Å². The maximum absolute atomic E-state index is 14.1. The third kappa shape index (κ3) is 4.60. The van der Waals surface area contributed by atoms with E-state index in [1.807, 2.05) is 94.6 Å². The van der Waals surface area contributed by atoms with Gasteiger partial charge in [-0.2, -0.15) is 5.26 Å². The lowest BCUT2D eigenvalue weighted by molar-refractivity contribution is -0.113. The first-order valence-corrected chi connectivity index (χ1v) is 15.8. The molecule has 4 aromatic heterocycles. The van der Waals surface area contributed by atoms with Crippen LogP contribution in [-0.2, 0) is 4.79 Å². The van der Waals surface area contributed by atoms with Crippen molar-refractivity contribution in [2.75, 3.05) is 5.32 Å². The van der Waals surface area contributed by atoms with Crippen LogP contribution < -0.4 is 20.2 Å². The fraction of sp³-hybridized carbons (Fsp3) is 0.188. The Morgan fingerprint density at radius 2 is 1.83 bits per heavy atom. The number of nitrogens with zero attached hydrogens (tertiary/aromatic N) is 4. The molecule has 0 radical (unpaired) electrons. The normalized spacial score (nSPS) is 15.0. The first kappa shape index (κ1) is 27.8. The predicted octanol–water partition coefficient (Wildman–Crippen LogP) is 5.89. The second kappa shape index (κ2) is 10.8. The highest BCUT2D eigenvalue weighted by atomic mass is 32.1. The monoisotopic (exact) mass is 609 g/mol. The molecule has 0 saturated carbocycles. The van der Waals surface area contributed by atoms with Gasteiger partial charge in [0.2, 0.25) is 0 Å². The molecule has 0 aliphatic carbocycles. The van der Waals surface area contributed by atoms with Crippen LogP contribution in [0.3, 0.4) is 0 Å². The summed E-state index contributed by atoms with van der Waals surface area (Å²) in [5.41, 5.74) is 6.02. The van der Waals surface area contributed by atoms with Gasteiger partial charge in [0, 0.05) is 26.8 Å². The van der Waals surface area contributed by atoms with Gasteiger partial charge in [0.05, 0.1) is 21.4 Å². The summed E-state index contributed by atoms with van der Waals surface area (Å²) in [5.74, 6) is -0.284. The molecule has 1 aliphatic heterocycles. The van der Waals surface area contributed by atoms with Gasteiger partial charge in [0.15, 0.2) is 4.80 Å². The highest BCUT2D eigenvalue weighted by Crippen LogP contribution is 2.35. The van der Waals surface area contributed by atoms with Gasteiger partial charge in [0.25, 0.3) is 11.5 Å². The van der Waals surface area contributed by atoms with Gasteiger partial charge in [-0.3, -0.25) is 14.2 Å². The van der Waals surface area contributed by atoms with E-state index in [-0.39, 0.29) is 11.5 Å². The Bertz CT molecular complexity index is 2120. The average Bonchev–Trinajstić information content (AvgIpc) is 3.72. The summed E-state index contributed by atoms with van der Waals surface area (Å²) in [4.78, 5) is 35.0. The molecule has 5 aromatic rings. The number of aryl methyl sites for hydroxylation is 2. The highest BCUT2D eigenvalue weighted by Gasteiger charge is 2.33. The molecule has 5 heterocycles. The number of aromatic nitrogens is 2. The van der Waals surface area contributed by atoms with E-state index in [4.69, 9.17) is 4.99 Å². The molecule has 10 heteroatoms. The van der Waals surface area contributed by atoms with Crippen LogP contribution in [0.1, 0.15) is 50.8 Å². The molecule has 0 saturated heterocycles. The molecular formula is C32H27N5O2S3. The number of nitrogens with one attached hydrogen (secondary N) is 1. The molecule has 1 aliphatic rings. The molecule has 1 amide bonds. The van der Waals surface area contributed by atoms with Gasteiger partial charge in [0.1, 0.15) is 17.1 Å². The molecule has 210 valence electrons. The van der Waals surface area contributed by atoms with Crippen molar-refractivity contribution in [2.45, 2.75) is 40.7 Å². The van der Waals surface area contributed by atoms with Gasteiger partial charge in [-0.25, -0.2) is 4.99 Å². The molecule has 1 aromatic carbocycles. The van der Waals surface area contributed by atoms with Crippen LogP contribution in [0, 0.1) is 39.0 Å². The Morgan fingerprint density at radius 1 is 1.07 bits per heavy atom. The van der Waals surface area contributed by atoms with Crippen molar-refractivity contribution >= 4 is 51.7 Å². The second-order valence-corrected chi connectivity index (χ2v) is 13.3. The second-order valence-electron chi connectivity index (χ2n) is 10.2. The number of carbonyl (C=O) groups is 1. The molecule has 1 N–H and O–H groups in total. The van der Waals surface area contributed by atoms with Crippen LogP contribution >= 0.6 is 34.0 Å². The van der Waals surface area contributed by atoms with E-state index in [0.717, 1.165) is 37.3 Å². The number of allylic oxidation sites excluding steroid dienone is 1. The molecule has 0 spiro atoms. The van der Waals surface area contributed by atoms with Crippen molar-refractivity contribution in [1.29, 1.82) is 5.26 Å². The minimum atomic E-state index is -0.588. The van der Waals surface area contributed by atoms with Crippen LogP contribution in [0.2, 0.25) is 0 Å². The number of nitriles is 1. The zero-order valence-corrected chi connectivity index (χ0v) is 26.1. The maximum atomic E-state index is 14.1. The zero-order chi connectivity index (χ0) is 29.7. The Balaban J connectivity index is 1.48. The van der Waals surface area contributed by atoms with E-state index in [2.05, 4.69) is 16.0 Å². The number of hydrogen-bond acceptors (Lipinski definition) is 7. The average molecular weight is 610 g/mol. The Kier molecular flexibility index (Phi) is 7.19. The van der Waals surface area contributed by atoms with Crippen molar-refractivity contribution in [3.63, 3.8) is 0 Å². The third-order valence-electron chi connectivity index (χ3n) is 7.55. The van der Waals surface area contributed by atoms with E-state index < -0.39 is 6.04 Å². The molecule has 0 bridgehead atoms. The van der Waals surface area contributed by atoms with Gasteiger partial charge in [-0.05, 0) is 81.5 Å². The molecule has 6 rings (SSSR count). The van der Waals surface area contributed by atoms with Crippen molar-refractivity contribution in [3.8, 4) is 11.1 Å². The minimum absolute atomic E-state index is 0.194. The number of para-hydroxylation sites is 1. The summed E-state index contributed by atoms with van der Waals surface area (Å²) >= 11 is 4.43. The number of rotatable bonds is 5. The zero-order valence-electron chi connectivity index (χ0n) is 23.7. The molecule has 7 nitrogen and oxygen atoms in total. The lowest BCUT2D eigenvalue weighted by Crippen LogP contribution is -2.40. The van der Waals surface area contributed by atoms with Gasteiger partial charge >= 0.3 is 0 Å². The fourth-order valence-corrected chi connectivity index (χ4v) is 8.41. The number of hydrogen-bond donors (Lipinski definition) is 1. The fourth-order valence-electron chi connectivity index (χ4n) is 5.33. The molecule has 1 atom stereocenters. The smallest absolute Gasteiger partial charge is 0.271 e. The predicted molar refractivity (Wildman–Crippen MR) is 170 cm³/mol. The summed E-state index contributed by atoms with van der Waals surface area (Å²) in [6.07, 6.45) is 1.90. The number of benzene rings is 1. The van der Waals surface area contributed by atoms with Crippen LogP contribution in [0.4, 0.5) is 5.69 Å². The van der Waals surface area contributed by atoms with Crippen molar-refractivity contribution in [3.05, 3.63) is 123 Å². The highest BCUT2D eigenvalue weighted by molar-refractivity contribution is 7.15. The summed E-state index contributed by atoms with van der Waals surface area (Å²) in [5, 5.41) is 15.7. The largest absolute Gasteiger partial charge is 0.322 e. The first-order valence-electron chi connectivity index (χ1n) is 13.3. The Morgan fingerprint density at radius 3 is 2.52 bits per heavy atom. The van der Waals surface area contributed by atoms with E-state index >= 15 is 0 Å². The Hall–Kier alpha value is -4.30. The van der Waals surface area contributed by atoms with E-state index in [1.165, 1.54) is 22.7 Å². The van der Waals surface area contributed by atoms with Crippen LogP contribution in [0.5, 0.6) is 0 Å². The third-order valence-corrected chi connectivity index (χ3v) is 10.6. The molecule has 42 heavy (non-hydrogen) atoms. The molecule has 0 unspecified atom stereocenters. The lowest BCUT2D eigenvalue weighted by atomic mass is 10.0. The molecular weight excluding hydrogens is 583 g/mol. The maximum Gasteiger partial charge on any atom is 0.271 e. The summed E-state index contributed by atoms with van der Waals surface area (Å²) in [6, 6.07) is 17.0. The quantitative estimate of drug-likeness (QED) is 0.269. The van der Waals surface area contributed by atoms with Gasteiger partial charge in [-0.1, -0.05) is 35.6 Å². The minimum Gasteiger partial charge on any atom is -0.322 e. The number of amides is 1. The Labute approximate surface area is 254 Å². The summed E-state index contributed by atoms with van der Waals surface area (Å²) in [7, 11) is 0. The molecule has 0 fully saturated rings. The first-order chi connectivity index (χ1) is 20.2. The lowest BCUT2D eigenvalue weighted by Gasteiger charge is -2.24. The van der Waals surface area contributed by atoms with Crippen LogP contribution in [0.15, 0.2) is 75.0 Å². The topological polar surface area (TPSA) is 92.2 Å². The van der Waals surface area contributed by atoms with Crippen molar-refractivity contribution in [1.82, 2.24) is 9.13 Å². The number of carbonyl (C=O) groups excluding carboxylic acids is 1. The number of thiophene rings is 2. The SMILES string of the molecule is CC1=C(C(=O)Nc2ccccc2)[C@@H](c2cccs2)n2c(s/c(=C/c3cc(C)n(-c4sc(C)c(C)c4C#N)c3C)c2=O)=N1. The van der Waals surface area contributed by atoms with Crippen LogP contribution in [0.25, 0.3) is 11.1 Å². The van der Waals surface area contributed by atoms with Gasteiger partial charge in [-0.15, -0.1) is 22.7 Å². The number of anilines is 1. The van der Waals surface area contributed by atoms with Crippen LogP contribution in [-0.4, -0.2) is 15.0 Å². The summed E-state index contributed by atoms with van der Waals surface area (Å²) < 4.78 is 4.28. The summed E-state index contributed by atoms with van der Waals surface area (Å²) in [6.45, 7) is 9.84. The van der Waals surface area contributed by atoms with E-state index in [0.29, 0.717) is 31.9 Å². The number of thiazole rings is 1. The van der Waals surface area contributed by atoms with E-state index in [1.54, 1.807) is 15.9 Å². The van der Waals surface area contributed by atoms with E-state index in [9.17, 15) is 14.9 Å².